The van der Waals surface area contributed by atoms with E-state index in [1.807, 2.05) is 6.92 Å². The number of aromatic nitrogens is 2. The van der Waals surface area contributed by atoms with Crippen LogP contribution in [0.1, 0.15) is 19.8 Å². The summed E-state index contributed by atoms with van der Waals surface area (Å²) in [6.45, 7) is 2.79. The van der Waals surface area contributed by atoms with Crippen LogP contribution in [0.25, 0.3) is 0 Å². The molecule has 2 N–H and O–H groups in total. The zero-order chi connectivity index (χ0) is 11.5. The van der Waals surface area contributed by atoms with Crippen LogP contribution in [-0.2, 0) is 4.74 Å². The van der Waals surface area contributed by atoms with E-state index in [4.69, 9.17) is 16.3 Å². The first-order chi connectivity index (χ1) is 7.68. The largest absolute Gasteiger partial charge is 0.376 e. The fraction of sp³-hybridized carbons (Fsp3) is 0.600. The van der Waals surface area contributed by atoms with E-state index >= 15 is 0 Å². The van der Waals surface area contributed by atoms with Crippen LogP contribution in [-0.4, -0.2) is 28.7 Å². The lowest BCUT2D eigenvalue weighted by atomic mass is 10.1. The third-order valence-corrected chi connectivity index (χ3v) is 3.03. The Labute approximate surface area is 98.2 Å². The van der Waals surface area contributed by atoms with Crippen LogP contribution < -0.4 is 10.9 Å². The van der Waals surface area contributed by atoms with Crippen LogP contribution in [0.4, 0.5) is 5.82 Å². The van der Waals surface area contributed by atoms with E-state index in [0.29, 0.717) is 5.82 Å². The first-order valence-corrected chi connectivity index (χ1v) is 5.67. The van der Waals surface area contributed by atoms with Crippen LogP contribution in [0.3, 0.4) is 0 Å². The van der Waals surface area contributed by atoms with Crippen molar-refractivity contribution >= 4 is 17.4 Å². The predicted molar refractivity (Wildman–Crippen MR) is 61.9 cm³/mol. The van der Waals surface area contributed by atoms with Crippen LogP contribution in [0.2, 0.25) is 5.02 Å². The second kappa shape index (κ2) is 4.84. The quantitative estimate of drug-likeness (QED) is 0.842. The van der Waals surface area contributed by atoms with Gasteiger partial charge in [-0.15, -0.1) is 0 Å². The minimum atomic E-state index is -0.335. The second-order valence-electron chi connectivity index (χ2n) is 3.88. The van der Waals surface area contributed by atoms with Crippen LogP contribution in [0, 0.1) is 0 Å². The molecule has 0 aromatic carbocycles. The van der Waals surface area contributed by atoms with Crippen molar-refractivity contribution in [3.8, 4) is 0 Å². The third kappa shape index (κ3) is 2.36. The van der Waals surface area contributed by atoms with Gasteiger partial charge >= 0.3 is 0 Å². The van der Waals surface area contributed by atoms with E-state index in [9.17, 15) is 4.79 Å². The van der Waals surface area contributed by atoms with E-state index < -0.39 is 0 Å². The van der Waals surface area contributed by atoms with Gasteiger partial charge in [-0.05, 0) is 19.8 Å². The molecule has 0 spiro atoms. The van der Waals surface area contributed by atoms with E-state index in [1.54, 1.807) is 0 Å². The van der Waals surface area contributed by atoms with E-state index in [-0.39, 0.29) is 22.7 Å². The lowest BCUT2D eigenvalue weighted by molar-refractivity contribution is 0.0995. The number of nitrogens with zero attached hydrogens (tertiary/aromatic N) is 1. The topological polar surface area (TPSA) is 67.0 Å². The molecule has 1 aliphatic heterocycles. The van der Waals surface area contributed by atoms with Gasteiger partial charge in [0, 0.05) is 6.61 Å². The minimum absolute atomic E-state index is 0.0901. The molecule has 0 radical (unpaired) electrons. The number of hydrogen-bond acceptors (Lipinski definition) is 4. The fourth-order valence-corrected chi connectivity index (χ4v) is 1.95. The van der Waals surface area contributed by atoms with Gasteiger partial charge < -0.3 is 15.0 Å². The highest BCUT2D eigenvalue weighted by molar-refractivity contribution is 6.32. The molecule has 1 fully saturated rings. The van der Waals surface area contributed by atoms with E-state index in [0.717, 1.165) is 19.4 Å². The maximum absolute atomic E-state index is 11.2. The Balaban J connectivity index is 2.08. The number of anilines is 1. The van der Waals surface area contributed by atoms with Gasteiger partial charge in [-0.3, -0.25) is 4.79 Å². The summed E-state index contributed by atoms with van der Waals surface area (Å²) in [7, 11) is 0. The van der Waals surface area contributed by atoms with Gasteiger partial charge in [0.1, 0.15) is 5.02 Å². The molecule has 2 atom stereocenters. The first kappa shape index (κ1) is 11.4. The van der Waals surface area contributed by atoms with Crippen molar-refractivity contribution in [2.75, 3.05) is 11.9 Å². The van der Waals surface area contributed by atoms with Crippen LogP contribution in [0.5, 0.6) is 0 Å². The Morgan fingerprint density at radius 1 is 1.75 bits per heavy atom. The molecule has 88 valence electrons. The van der Waals surface area contributed by atoms with Gasteiger partial charge in [-0.25, -0.2) is 4.98 Å². The molecule has 1 saturated heterocycles. The average molecular weight is 244 g/mol. The van der Waals surface area contributed by atoms with Crippen molar-refractivity contribution in [2.24, 2.45) is 0 Å². The number of nitrogens with one attached hydrogen (secondary N) is 2. The number of halogens is 1. The second-order valence-corrected chi connectivity index (χ2v) is 4.26. The zero-order valence-corrected chi connectivity index (χ0v) is 9.75. The summed E-state index contributed by atoms with van der Waals surface area (Å²) < 4.78 is 5.54. The summed E-state index contributed by atoms with van der Waals surface area (Å²) in [4.78, 5) is 17.7. The number of rotatable bonds is 3. The molecule has 0 aliphatic carbocycles. The highest BCUT2D eigenvalue weighted by atomic mass is 35.5. The van der Waals surface area contributed by atoms with Gasteiger partial charge in [0.05, 0.1) is 18.5 Å². The van der Waals surface area contributed by atoms with Crippen LogP contribution >= 0.6 is 11.6 Å². The number of H-pyrrole nitrogens is 1. The molecule has 1 aromatic heterocycles. The predicted octanol–water partition coefficient (Wildman–Crippen LogP) is 1.40. The normalized spacial score (nSPS) is 22.0. The smallest absolute Gasteiger partial charge is 0.271 e. The molecule has 2 unspecified atom stereocenters. The summed E-state index contributed by atoms with van der Waals surface area (Å²) >= 11 is 5.83. The van der Waals surface area contributed by atoms with Crippen molar-refractivity contribution in [2.45, 2.75) is 31.9 Å². The minimum Gasteiger partial charge on any atom is -0.376 e. The maximum atomic E-state index is 11.2. The van der Waals surface area contributed by atoms with Gasteiger partial charge in [-0.1, -0.05) is 11.6 Å². The molecular formula is C10H14ClN3O2. The maximum Gasteiger partial charge on any atom is 0.271 e. The zero-order valence-electron chi connectivity index (χ0n) is 9.00. The molecule has 2 rings (SSSR count). The fourth-order valence-electron chi connectivity index (χ4n) is 1.79. The average Bonchev–Trinajstić information content (AvgIpc) is 2.78. The number of ether oxygens (including phenoxy) is 1. The van der Waals surface area contributed by atoms with E-state index in [2.05, 4.69) is 15.3 Å². The molecule has 1 aliphatic rings. The molecule has 1 aromatic rings. The number of aromatic amines is 1. The highest BCUT2D eigenvalue weighted by Gasteiger charge is 2.23. The Kier molecular flexibility index (Phi) is 3.46. The van der Waals surface area contributed by atoms with Crippen molar-refractivity contribution in [3.05, 3.63) is 21.7 Å². The van der Waals surface area contributed by atoms with Crippen molar-refractivity contribution in [1.82, 2.24) is 9.97 Å². The molecule has 2 heterocycles. The standard InChI is InChI=1S/C10H14ClN3O2/c1-6(7-3-2-4-16-7)14-9-8(11)10(15)13-5-12-9/h5-7H,2-4H2,1H3,(H2,12,13,14,15). The SMILES string of the molecule is CC(Nc1nc[nH]c(=O)c1Cl)C1CCCO1. The molecule has 0 saturated carbocycles. The summed E-state index contributed by atoms with van der Waals surface area (Å²) in [5, 5.41) is 3.19. The third-order valence-electron chi connectivity index (χ3n) is 2.68. The lowest BCUT2D eigenvalue weighted by Gasteiger charge is -2.20. The summed E-state index contributed by atoms with van der Waals surface area (Å²) in [6.07, 6.45) is 3.60. The molecule has 0 amide bonds. The summed E-state index contributed by atoms with van der Waals surface area (Å²) in [5.41, 5.74) is -0.335. The summed E-state index contributed by atoms with van der Waals surface area (Å²) in [6, 6.07) is 0.0919. The first-order valence-electron chi connectivity index (χ1n) is 5.30. The number of hydrogen-bond donors (Lipinski definition) is 2. The molecular weight excluding hydrogens is 230 g/mol. The Morgan fingerprint density at radius 2 is 2.56 bits per heavy atom. The Hall–Kier alpha value is -1.07. The van der Waals surface area contributed by atoms with Crippen molar-refractivity contribution in [3.63, 3.8) is 0 Å². The molecule has 6 heteroatoms. The Morgan fingerprint density at radius 3 is 3.25 bits per heavy atom. The van der Waals surface area contributed by atoms with Crippen molar-refractivity contribution < 1.29 is 4.74 Å². The van der Waals surface area contributed by atoms with Gasteiger partial charge in [0.2, 0.25) is 0 Å². The van der Waals surface area contributed by atoms with E-state index in [1.165, 1.54) is 6.33 Å². The van der Waals surface area contributed by atoms with Gasteiger partial charge in [0.25, 0.3) is 5.56 Å². The lowest BCUT2D eigenvalue weighted by Crippen LogP contribution is -2.31. The van der Waals surface area contributed by atoms with Crippen LogP contribution in [0.15, 0.2) is 11.1 Å². The summed E-state index contributed by atoms with van der Waals surface area (Å²) in [5.74, 6) is 0.411. The van der Waals surface area contributed by atoms with Gasteiger partial charge in [0.15, 0.2) is 5.82 Å². The van der Waals surface area contributed by atoms with Gasteiger partial charge in [-0.2, -0.15) is 0 Å². The molecule has 5 nitrogen and oxygen atoms in total. The monoisotopic (exact) mass is 243 g/mol. The molecule has 0 bridgehead atoms. The Bertz CT molecular complexity index is 415. The van der Waals surface area contributed by atoms with Crippen molar-refractivity contribution in [1.29, 1.82) is 0 Å². The highest BCUT2D eigenvalue weighted by Crippen LogP contribution is 2.20. The molecule has 16 heavy (non-hydrogen) atoms.